The van der Waals surface area contributed by atoms with Crippen molar-refractivity contribution in [2.45, 2.75) is 31.8 Å². The van der Waals surface area contributed by atoms with Gasteiger partial charge >= 0.3 is 0 Å². The summed E-state index contributed by atoms with van der Waals surface area (Å²) >= 11 is 0. The lowest BCUT2D eigenvalue weighted by atomic mass is 9.90. The van der Waals surface area contributed by atoms with Gasteiger partial charge in [0, 0.05) is 46.0 Å². The van der Waals surface area contributed by atoms with E-state index < -0.39 is 0 Å². The van der Waals surface area contributed by atoms with E-state index in [-0.39, 0.29) is 5.60 Å². The van der Waals surface area contributed by atoms with Crippen molar-refractivity contribution in [2.75, 3.05) is 45.2 Å². The molecule has 4 nitrogen and oxygen atoms in total. The molecule has 0 amide bonds. The summed E-state index contributed by atoms with van der Waals surface area (Å²) in [6.45, 7) is 6.21. The van der Waals surface area contributed by atoms with E-state index in [1.54, 1.807) is 0 Å². The van der Waals surface area contributed by atoms with Crippen LogP contribution in [-0.4, -0.2) is 50.8 Å². The summed E-state index contributed by atoms with van der Waals surface area (Å²) in [6.07, 6.45) is 3.12. The van der Waals surface area contributed by atoms with Gasteiger partial charge in [0.1, 0.15) is 0 Å². The molecule has 0 aliphatic carbocycles. The summed E-state index contributed by atoms with van der Waals surface area (Å²) in [5, 5.41) is 8.91. The Labute approximate surface area is 169 Å². The van der Waals surface area contributed by atoms with Crippen LogP contribution in [0.2, 0.25) is 0 Å². The van der Waals surface area contributed by atoms with E-state index in [1.807, 2.05) is 19.2 Å². The third-order valence-corrected chi connectivity index (χ3v) is 6.00. The molecule has 0 aromatic heterocycles. The molecule has 0 radical (unpaired) electrons. The Morgan fingerprint density at radius 2 is 1.71 bits per heavy atom. The molecule has 2 aromatic rings. The van der Waals surface area contributed by atoms with Crippen LogP contribution in [0.15, 0.2) is 48.5 Å². The van der Waals surface area contributed by atoms with Crippen molar-refractivity contribution >= 4 is 5.69 Å². The van der Waals surface area contributed by atoms with Crippen LogP contribution in [0.5, 0.6) is 0 Å². The van der Waals surface area contributed by atoms with Gasteiger partial charge in [0.15, 0.2) is 0 Å². The SMILES string of the molecule is COC1(CN(C)c2ccc(C)cc2)CCN(CCc2ccc(C#N)cc2)CC1. The molecule has 1 aliphatic heterocycles. The van der Waals surface area contributed by atoms with Crippen LogP contribution < -0.4 is 4.90 Å². The Hall–Kier alpha value is -2.35. The smallest absolute Gasteiger partial charge is 0.0991 e. The van der Waals surface area contributed by atoms with E-state index in [0.29, 0.717) is 0 Å². The molecule has 1 fully saturated rings. The number of hydrogen-bond acceptors (Lipinski definition) is 4. The lowest BCUT2D eigenvalue weighted by molar-refractivity contribution is -0.0500. The van der Waals surface area contributed by atoms with E-state index in [1.165, 1.54) is 16.8 Å². The van der Waals surface area contributed by atoms with E-state index in [0.717, 1.165) is 51.0 Å². The maximum atomic E-state index is 8.91. The molecule has 0 N–H and O–H groups in total. The summed E-state index contributed by atoms with van der Waals surface area (Å²) in [7, 11) is 4.01. The molecule has 2 aromatic carbocycles. The first-order chi connectivity index (χ1) is 13.5. The molecule has 3 rings (SSSR count). The topological polar surface area (TPSA) is 39.5 Å². The molecule has 4 heteroatoms. The van der Waals surface area contributed by atoms with E-state index in [4.69, 9.17) is 10.00 Å². The standard InChI is InChI=1S/C24H31N3O/c1-20-4-10-23(11-5-20)26(2)19-24(28-3)13-16-27(17-14-24)15-12-21-6-8-22(18-25)9-7-21/h4-11H,12-17,19H2,1-3H3. The minimum Gasteiger partial charge on any atom is -0.376 e. The van der Waals surface area contributed by atoms with Crippen LogP contribution in [0.4, 0.5) is 5.69 Å². The van der Waals surface area contributed by atoms with Gasteiger partial charge in [-0.25, -0.2) is 0 Å². The molecule has 0 unspecified atom stereocenters. The molecule has 0 bridgehead atoms. The molecule has 28 heavy (non-hydrogen) atoms. The second kappa shape index (κ2) is 9.23. The molecule has 148 valence electrons. The monoisotopic (exact) mass is 377 g/mol. The van der Waals surface area contributed by atoms with Crippen molar-refractivity contribution in [3.05, 3.63) is 65.2 Å². The fourth-order valence-electron chi connectivity index (χ4n) is 3.97. The number of likely N-dealkylation sites (N-methyl/N-ethyl adjacent to an activating group) is 1. The molecule has 0 saturated carbocycles. The number of piperidine rings is 1. The number of aryl methyl sites for hydroxylation is 1. The predicted octanol–water partition coefficient (Wildman–Crippen LogP) is 4.03. The summed E-state index contributed by atoms with van der Waals surface area (Å²) < 4.78 is 6.03. The first-order valence-corrected chi connectivity index (χ1v) is 10.1. The highest BCUT2D eigenvalue weighted by Crippen LogP contribution is 2.28. The maximum absolute atomic E-state index is 8.91. The van der Waals surface area contributed by atoms with Gasteiger partial charge in [-0.3, -0.25) is 0 Å². The van der Waals surface area contributed by atoms with Crippen LogP contribution in [0, 0.1) is 18.3 Å². The highest BCUT2D eigenvalue weighted by Gasteiger charge is 2.35. The fourth-order valence-corrected chi connectivity index (χ4v) is 3.97. The molecule has 1 saturated heterocycles. The van der Waals surface area contributed by atoms with Crippen molar-refractivity contribution in [1.82, 2.24) is 4.90 Å². The van der Waals surface area contributed by atoms with Crippen LogP contribution in [0.25, 0.3) is 0 Å². The quantitative estimate of drug-likeness (QED) is 0.730. The van der Waals surface area contributed by atoms with Gasteiger partial charge in [0.05, 0.1) is 17.2 Å². The van der Waals surface area contributed by atoms with Crippen molar-refractivity contribution in [3.8, 4) is 6.07 Å². The number of hydrogen-bond donors (Lipinski definition) is 0. The Bertz CT molecular complexity index is 784. The fraction of sp³-hybridized carbons (Fsp3) is 0.458. The van der Waals surface area contributed by atoms with E-state index in [2.05, 4.69) is 66.2 Å². The zero-order valence-corrected chi connectivity index (χ0v) is 17.3. The first kappa shape index (κ1) is 20.4. The van der Waals surface area contributed by atoms with Gasteiger partial charge in [-0.2, -0.15) is 5.26 Å². The molecular formula is C24H31N3O. The Balaban J connectivity index is 1.51. The van der Waals surface area contributed by atoms with Gasteiger partial charge in [-0.1, -0.05) is 29.8 Å². The van der Waals surface area contributed by atoms with E-state index >= 15 is 0 Å². The second-order valence-corrected chi connectivity index (χ2v) is 7.98. The molecule has 0 atom stereocenters. The number of nitrogens with zero attached hydrogens (tertiary/aromatic N) is 3. The minimum atomic E-state index is -0.0788. The summed E-state index contributed by atoms with van der Waals surface area (Å²) in [5.41, 5.74) is 4.47. The normalized spacial score (nSPS) is 16.5. The molecule has 1 heterocycles. The summed E-state index contributed by atoms with van der Waals surface area (Å²) in [5.74, 6) is 0. The first-order valence-electron chi connectivity index (χ1n) is 10.1. The largest absolute Gasteiger partial charge is 0.376 e. The van der Waals surface area contributed by atoms with Crippen molar-refractivity contribution in [3.63, 3.8) is 0 Å². The van der Waals surface area contributed by atoms with Gasteiger partial charge in [0.2, 0.25) is 0 Å². The van der Waals surface area contributed by atoms with Gasteiger partial charge < -0.3 is 14.5 Å². The van der Waals surface area contributed by atoms with Crippen LogP contribution in [0.3, 0.4) is 0 Å². The maximum Gasteiger partial charge on any atom is 0.0991 e. The highest BCUT2D eigenvalue weighted by molar-refractivity contribution is 5.47. The van der Waals surface area contributed by atoms with Crippen LogP contribution in [-0.2, 0) is 11.2 Å². The molecule has 1 aliphatic rings. The number of likely N-dealkylation sites (tertiary alicyclic amines) is 1. The van der Waals surface area contributed by atoms with E-state index in [9.17, 15) is 0 Å². The average molecular weight is 378 g/mol. The summed E-state index contributed by atoms with van der Waals surface area (Å²) in [6, 6.07) is 18.8. The third kappa shape index (κ3) is 5.13. The second-order valence-electron chi connectivity index (χ2n) is 7.98. The molecule has 0 spiro atoms. The van der Waals surface area contributed by atoms with Crippen molar-refractivity contribution < 1.29 is 4.74 Å². The van der Waals surface area contributed by atoms with Crippen LogP contribution in [0.1, 0.15) is 29.5 Å². The predicted molar refractivity (Wildman–Crippen MR) is 115 cm³/mol. The zero-order valence-electron chi connectivity index (χ0n) is 17.3. The number of rotatable bonds is 7. The third-order valence-electron chi connectivity index (χ3n) is 6.00. The lowest BCUT2D eigenvalue weighted by Gasteiger charge is -2.43. The average Bonchev–Trinajstić information content (AvgIpc) is 2.74. The Morgan fingerprint density at radius 3 is 2.29 bits per heavy atom. The van der Waals surface area contributed by atoms with Gasteiger partial charge in [-0.15, -0.1) is 0 Å². The minimum absolute atomic E-state index is 0.0788. The summed E-state index contributed by atoms with van der Waals surface area (Å²) in [4.78, 5) is 4.84. The van der Waals surface area contributed by atoms with Crippen LogP contribution >= 0.6 is 0 Å². The van der Waals surface area contributed by atoms with Gasteiger partial charge in [0.25, 0.3) is 0 Å². The van der Waals surface area contributed by atoms with Gasteiger partial charge in [-0.05, 0) is 56.0 Å². The number of anilines is 1. The Morgan fingerprint density at radius 1 is 1.07 bits per heavy atom. The number of benzene rings is 2. The number of methoxy groups -OCH3 is 1. The number of ether oxygens (including phenoxy) is 1. The number of nitriles is 1. The van der Waals surface area contributed by atoms with Crippen molar-refractivity contribution in [2.24, 2.45) is 0 Å². The lowest BCUT2D eigenvalue weighted by Crippen LogP contribution is -2.51. The van der Waals surface area contributed by atoms with Crippen molar-refractivity contribution in [1.29, 1.82) is 5.26 Å². The highest BCUT2D eigenvalue weighted by atomic mass is 16.5. The molecular weight excluding hydrogens is 346 g/mol. The Kier molecular flexibility index (Phi) is 6.72. The zero-order chi connectivity index (χ0) is 20.0.